The fourth-order valence-electron chi connectivity index (χ4n) is 7.21. The standard InChI is InChI=1S/C42H25N5S/c1-2-13-31-29(12-1)30-14-3-4-16-33(30)39-34(31)17-8-18-35(39)41-45-42(48-46-41)27-20-21-38-36(25-27)32-15-5-6-19-37(32)47(38)28-11-7-10-26(24-28)40-43-22-9-23-44-40/h1-25H. The molecule has 0 aliphatic carbocycles. The third-order valence-electron chi connectivity index (χ3n) is 9.28. The second kappa shape index (κ2) is 10.7. The van der Waals surface area contributed by atoms with E-state index in [0.29, 0.717) is 5.82 Å². The molecule has 0 spiro atoms. The largest absolute Gasteiger partial charge is 0.309 e. The molecule has 0 fully saturated rings. The van der Waals surface area contributed by atoms with E-state index in [9.17, 15) is 0 Å². The van der Waals surface area contributed by atoms with Gasteiger partial charge in [0.05, 0.1) is 11.0 Å². The van der Waals surface area contributed by atoms with Gasteiger partial charge in [-0.25, -0.2) is 15.0 Å². The van der Waals surface area contributed by atoms with Gasteiger partial charge in [0.2, 0.25) is 0 Å². The van der Waals surface area contributed by atoms with Gasteiger partial charge in [0.15, 0.2) is 11.6 Å². The lowest BCUT2D eigenvalue weighted by atomic mass is 9.91. The summed E-state index contributed by atoms with van der Waals surface area (Å²) < 4.78 is 7.26. The third kappa shape index (κ3) is 4.10. The Hall–Kier alpha value is -6.24. The van der Waals surface area contributed by atoms with Crippen molar-refractivity contribution in [3.8, 4) is 39.0 Å². The summed E-state index contributed by atoms with van der Waals surface area (Å²) in [5.74, 6) is 1.46. The number of rotatable bonds is 4. The monoisotopic (exact) mass is 631 g/mol. The first-order valence-electron chi connectivity index (χ1n) is 15.9. The van der Waals surface area contributed by atoms with Gasteiger partial charge in [0.1, 0.15) is 5.01 Å². The molecule has 3 aromatic heterocycles. The number of hydrogen-bond donors (Lipinski definition) is 0. The molecule has 3 heterocycles. The summed E-state index contributed by atoms with van der Waals surface area (Å²) in [5.41, 5.74) is 6.42. The number of benzene rings is 7. The molecule has 48 heavy (non-hydrogen) atoms. The van der Waals surface area contributed by atoms with Crippen molar-refractivity contribution >= 4 is 65.7 Å². The zero-order chi connectivity index (χ0) is 31.6. The minimum Gasteiger partial charge on any atom is -0.309 e. The molecule has 0 amide bonds. The normalized spacial score (nSPS) is 11.8. The Morgan fingerprint density at radius 3 is 1.90 bits per heavy atom. The average molecular weight is 632 g/mol. The Balaban J connectivity index is 1.13. The zero-order valence-corrected chi connectivity index (χ0v) is 26.4. The van der Waals surface area contributed by atoms with E-state index in [1.807, 2.05) is 6.07 Å². The van der Waals surface area contributed by atoms with Crippen molar-refractivity contribution < 1.29 is 0 Å². The molecule has 0 atom stereocenters. The summed E-state index contributed by atoms with van der Waals surface area (Å²) in [6.07, 6.45) is 3.56. The molecule has 0 N–H and O–H groups in total. The zero-order valence-electron chi connectivity index (χ0n) is 25.6. The van der Waals surface area contributed by atoms with Gasteiger partial charge in [-0.3, -0.25) is 0 Å². The molecule has 0 saturated heterocycles. The fourth-order valence-corrected chi connectivity index (χ4v) is 7.88. The van der Waals surface area contributed by atoms with Crippen LogP contribution in [0.15, 0.2) is 152 Å². The van der Waals surface area contributed by atoms with Gasteiger partial charge in [-0.2, -0.15) is 4.37 Å². The van der Waals surface area contributed by atoms with Crippen molar-refractivity contribution in [2.24, 2.45) is 0 Å². The van der Waals surface area contributed by atoms with Crippen LogP contribution in [0.3, 0.4) is 0 Å². The van der Waals surface area contributed by atoms with Gasteiger partial charge in [0, 0.05) is 50.9 Å². The highest BCUT2D eigenvalue weighted by Gasteiger charge is 2.18. The Kier molecular flexibility index (Phi) is 5.98. The van der Waals surface area contributed by atoms with Gasteiger partial charge < -0.3 is 4.57 Å². The summed E-state index contributed by atoms with van der Waals surface area (Å²) in [4.78, 5) is 14.1. The molecule has 224 valence electrons. The number of fused-ring (bicyclic) bond motifs is 9. The quantitative estimate of drug-likeness (QED) is 0.181. The summed E-state index contributed by atoms with van der Waals surface area (Å²) >= 11 is 1.45. The Morgan fingerprint density at radius 2 is 1.10 bits per heavy atom. The molecule has 7 aromatic carbocycles. The number of para-hydroxylation sites is 1. The van der Waals surface area contributed by atoms with E-state index in [1.54, 1.807) is 12.4 Å². The molecule has 0 bridgehead atoms. The highest BCUT2D eigenvalue weighted by Crippen LogP contribution is 2.41. The maximum Gasteiger partial charge on any atom is 0.174 e. The first-order chi connectivity index (χ1) is 23.8. The minimum absolute atomic E-state index is 0.710. The summed E-state index contributed by atoms with van der Waals surface area (Å²) in [6.45, 7) is 0. The first-order valence-corrected chi connectivity index (χ1v) is 16.7. The molecule has 0 aliphatic heterocycles. The number of hydrogen-bond acceptors (Lipinski definition) is 5. The predicted octanol–water partition coefficient (Wildman–Crippen LogP) is 10.9. The van der Waals surface area contributed by atoms with E-state index in [0.717, 1.165) is 44.2 Å². The number of nitrogens with zero attached hydrogens (tertiary/aromatic N) is 5. The SMILES string of the molecule is c1cnc(-c2cccc(-n3c4ccccc4c4cc(-c5nc(-c6cccc7c8ccccc8c8ccccc8c67)ns5)ccc43)c2)nc1. The molecule has 0 saturated carbocycles. The van der Waals surface area contributed by atoms with E-state index in [4.69, 9.17) is 9.36 Å². The summed E-state index contributed by atoms with van der Waals surface area (Å²) in [5, 5.41) is 10.6. The molecular weight excluding hydrogens is 607 g/mol. The van der Waals surface area contributed by atoms with Crippen LogP contribution in [-0.4, -0.2) is 23.9 Å². The first kappa shape index (κ1) is 26.9. The smallest absolute Gasteiger partial charge is 0.174 e. The van der Waals surface area contributed by atoms with E-state index in [-0.39, 0.29) is 0 Å². The molecular formula is C42H25N5S. The van der Waals surface area contributed by atoms with Crippen LogP contribution in [0.1, 0.15) is 0 Å². The molecule has 6 heteroatoms. The van der Waals surface area contributed by atoms with Gasteiger partial charge in [0.25, 0.3) is 0 Å². The van der Waals surface area contributed by atoms with Crippen LogP contribution in [-0.2, 0) is 0 Å². The van der Waals surface area contributed by atoms with Crippen molar-refractivity contribution in [2.75, 3.05) is 0 Å². The Morgan fingerprint density at radius 1 is 0.458 bits per heavy atom. The van der Waals surface area contributed by atoms with E-state index in [2.05, 4.69) is 148 Å². The summed E-state index contributed by atoms with van der Waals surface area (Å²) in [6, 6.07) is 49.3. The van der Waals surface area contributed by atoms with Gasteiger partial charge >= 0.3 is 0 Å². The van der Waals surface area contributed by atoms with Gasteiger partial charge in [-0.15, -0.1) is 0 Å². The Bertz CT molecular complexity index is 2810. The van der Waals surface area contributed by atoms with Crippen LogP contribution in [0.2, 0.25) is 0 Å². The van der Waals surface area contributed by atoms with E-state index < -0.39 is 0 Å². The van der Waals surface area contributed by atoms with Crippen molar-refractivity contribution in [3.63, 3.8) is 0 Å². The van der Waals surface area contributed by atoms with Crippen LogP contribution in [0.5, 0.6) is 0 Å². The third-order valence-corrected chi connectivity index (χ3v) is 10.0. The van der Waals surface area contributed by atoms with E-state index >= 15 is 0 Å². The maximum atomic E-state index is 5.17. The minimum atomic E-state index is 0.710. The van der Waals surface area contributed by atoms with Gasteiger partial charge in [-0.1, -0.05) is 97.1 Å². The summed E-state index contributed by atoms with van der Waals surface area (Å²) in [7, 11) is 0. The van der Waals surface area contributed by atoms with Crippen LogP contribution in [0, 0.1) is 0 Å². The lowest BCUT2D eigenvalue weighted by Gasteiger charge is -2.12. The lowest BCUT2D eigenvalue weighted by Crippen LogP contribution is -1.95. The van der Waals surface area contributed by atoms with Crippen molar-refractivity contribution in [2.45, 2.75) is 0 Å². The van der Waals surface area contributed by atoms with Crippen LogP contribution in [0.25, 0.3) is 93.2 Å². The van der Waals surface area contributed by atoms with Crippen molar-refractivity contribution in [1.82, 2.24) is 23.9 Å². The molecule has 10 rings (SSSR count). The molecule has 5 nitrogen and oxygen atoms in total. The van der Waals surface area contributed by atoms with Crippen LogP contribution in [0.4, 0.5) is 0 Å². The topological polar surface area (TPSA) is 56.5 Å². The molecule has 0 radical (unpaired) electrons. The van der Waals surface area contributed by atoms with Gasteiger partial charge in [-0.05, 0) is 80.9 Å². The number of aromatic nitrogens is 5. The average Bonchev–Trinajstić information content (AvgIpc) is 3.79. The highest BCUT2D eigenvalue weighted by atomic mass is 32.1. The predicted molar refractivity (Wildman–Crippen MR) is 199 cm³/mol. The maximum absolute atomic E-state index is 5.17. The van der Waals surface area contributed by atoms with Crippen LogP contribution >= 0.6 is 11.5 Å². The fraction of sp³-hybridized carbons (Fsp3) is 0. The highest BCUT2D eigenvalue weighted by molar-refractivity contribution is 7.09. The second-order valence-electron chi connectivity index (χ2n) is 11.9. The molecule has 0 unspecified atom stereocenters. The van der Waals surface area contributed by atoms with Crippen molar-refractivity contribution in [3.05, 3.63) is 152 Å². The van der Waals surface area contributed by atoms with Crippen molar-refractivity contribution in [1.29, 1.82) is 0 Å². The molecule has 0 aliphatic rings. The van der Waals surface area contributed by atoms with E-state index in [1.165, 1.54) is 54.6 Å². The van der Waals surface area contributed by atoms with Crippen LogP contribution < -0.4 is 0 Å². The second-order valence-corrected chi connectivity index (χ2v) is 12.7. The molecule has 10 aromatic rings. The Labute approximate surface area is 279 Å². The lowest BCUT2D eigenvalue weighted by molar-refractivity contribution is 1.15.